The lowest BCUT2D eigenvalue weighted by atomic mass is 10.2. The van der Waals surface area contributed by atoms with Crippen LogP contribution in [-0.4, -0.2) is 20.2 Å². The molecular formula is C11H9BrN6. The Morgan fingerprint density at radius 3 is 2.89 bits per heavy atom. The first-order chi connectivity index (χ1) is 8.72. The van der Waals surface area contributed by atoms with E-state index in [-0.39, 0.29) is 5.95 Å². The molecule has 0 amide bonds. The SMILES string of the molecule is Nc1nc(Nc2cc[nH]n2)c2ccc(Br)cc2n1. The number of nitrogen functional groups attached to an aromatic ring is 1. The van der Waals surface area contributed by atoms with Crippen LogP contribution in [0.3, 0.4) is 0 Å². The zero-order valence-electron chi connectivity index (χ0n) is 9.18. The maximum Gasteiger partial charge on any atom is 0.222 e. The number of nitrogens with one attached hydrogen (secondary N) is 2. The highest BCUT2D eigenvalue weighted by molar-refractivity contribution is 9.10. The van der Waals surface area contributed by atoms with E-state index in [0.717, 1.165) is 15.4 Å². The lowest BCUT2D eigenvalue weighted by Crippen LogP contribution is -2.01. The molecular weight excluding hydrogens is 296 g/mol. The zero-order valence-corrected chi connectivity index (χ0v) is 10.8. The van der Waals surface area contributed by atoms with Gasteiger partial charge in [-0.05, 0) is 18.2 Å². The van der Waals surface area contributed by atoms with Crippen LogP contribution in [0.5, 0.6) is 0 Å². The van der Waals surface area contributed by atoms with Crippen molar-refractivity contribution in [2.75, 3.05) is 11.1 Å². The van der Waals surface area contributed by atoms with E-state index in [0.29, 0.717) is 11.6 Å². The van der Waals surface area contributed by atoms with Crippen molar-refractivity contribution in [2.24, 2.45) is 0 Å². The molecule has 0 aliphatic rings. The summed E-state index contributed by atoms with van der Waals surface area (Å²) in [6, 6.07) is 7.55. The summed E-state index contributed by atoms with van der Waals surface area (Å²) in [7, 11) is 0. The van der Waals surface area contributed by atoms with Crippen molar-refractivity contribution in [1.82, 2.24) is 20.2 Å². The van der Waals surface area contributed by atoms with E-state index in [1.54, 1.807) is 6.20 Å². The molecule has 0 saturated heterocycles. The first-order valence-corrected chi connectivity index (χ1v) is 6.01. The minimum absolute atomic E-state index is 0.221. The molecule has 7 heteroatoms. The van der Waals surface area contributed by atoms with Crippen molar-refractivity contribution in [3.63, 3.8) is 0 Å². The van der Waals surface area contributed by atoms with Crippen LogP contribution in [0.2, 0.25) is 0 Å². The molecule has 3 aromatic rings. The normalized spacial score (nSPS) is 10.7. The van der Waals surface area contributed by atoms with E-state index in [2.05, 4.69) is 41.4 Å². The molecule has 3 rings (SSSR count). The van der Waals surface area contributed by atoms with Crippen molar-refractivity contribution < 1.29 is 0 Å². The third-order valence-corrected chi connectivity index (χ3v) is 2.92. The van der Waals surface area contributed by atoms with Gasteiger partial charge in [-0.1, -0.05) is 15.9 Å². The molecule has 0 fully saturated rings. The molecule has 0 radical (unpaired) electrons. The summed E-state index contributed by atoms with van der Waals surface area (Å²) in [6.07, 6.45) is 1.73. The summed E-state index contributed by atoms with van der Waals surface area (Å²) in [6.45, 7) is 0. The minimum atomic E-state index is 0.221. The number of anilines is 3. The number of nitrogens with zero attached hydrogens (tertiary/aromatic N) is 3. The average molecular weight is 305 g/mol. The second-order valence-electron chi connectivity index (χ2n) is 3.68. The predicted octanol–water partition coefficient (Wildman–Crippen LogP) is 2.44. The molecule has 0 bridgehead atoms. The van der Waals surface area contributed by atoms with E-state index < -0.39 is 0 Å². The zero-order chi connectivity index (χ0) is 12.5. The van der Waals surface area contributed by atoms with E-state index in [9.17, 15) is 0 Å². The number of benzene rings is 1. The van der Waals surface area contributed by atoms with Gasteiger partial charge >= 0.3 is 0 Å². The molecule has 90 valence electrons. The Morgan fingerprint density at radius 2 is 2.11 bits per heavy atom. The monoisotopic (exact) mass is 304 g/mol. The first kappa shape index (κ1) is 11.0. The standard InChI is InChI=1S/C11H9BrN6/c12-6-1-2-7-8(5-6)15-11(13)17-10(7)16-9-3-4-14-18-9/h1-5H,(H4,13,14,15,16,17,18). The van der Waals surface area contributed by atoms with Gasteiger partial charge in [0, 0.05) is 22.1 Å². The van der Waals surface area contributed by atoms with Gasteiger partial charge in [-0.25, -0.2) is 4.98 Å². The van der Waals surface area contributed by atoms with Crippen LogP contribution in [-0.2, 0) is 0 Å². The topological polar surface area (TPSA) is 92.5 Å². The summed E-state index contributed by atoms with van der Waals surface area (Å²) < 4.78 is 0.943. The van der Waals surface area contributed by atoms with Crippen LogP contribution in [0.1, 0.15) is 0 Å². The summed E-state index contributed by atoms with van der Waals surface area (Å²) in [5.74, 6) is 1.54. The van der Waals surface area contributed by atoms with Gasteiger partial charge in [-0.3, -0.25) is 5.10 Å². The molecule has 0 atom stereocenters. The smallest absolute Gasteiger partial charge is 0.222 e. The highest BCUT2D eigenvalue weighted by atomic mass is 79.9. The van der Waals surface area contributed by atoms with Crippen molar-refractivity contribution in [1.29, 1.82) is 0 Å². The number of fused-ring (bicyclic) bond motifs is 1. The van der Waals surface area contributed by atoms with E-state index >= 15 is 0 Å². The molecule has 6 nitrogen and oxygen atoms in total. The number of halogens is 1. The third-order valence-electron chi connectivity index (χ3n) is 2.42. The molecule has 0 saturated carbocycles. The fourth-order valence-electron chi connectivity index (χ4n) is 1.67. The molecule has 4 N–H and O–H groups in total. The highest BCUT2D eigenvalue weighted by Gasteiger charge is 2.07. The maximum atomic E-state index is 5.70. The Labute approximate surface area is 111 Å². The molecule has 2 heterocycles. The Morgan fingerprint density at radius 1 is 1.22 bits per heavy atom. The minimum Gasteiger partial charge on any atom is -0.368 e. The number of hydrogen-bond acceptors (Lipinski definition) is 5. The predicted molar refractivity (Wildman–Crippen MR) is 73.5 cm³/mol. The van der Waals surface area contributed by atoms with Crippen LogP contribution < -0.4 is 11.1 Å². The number of aromatic amines is 1. The van der Waals surface area contributed by atoms with Crippen LogP contribution in [0.4, 0.5) is 17.6 Å². The fourth-order valence-corrected chi connectivity index (χ4v) is 2.02. The number of rotatable bonds is 2. The Bertz CT molecular complexity index is 689. The Kier molecular flexibility index (Phi) is 2.60. The van der Waals surface area contributed by atoms with Crippen LogP contribution in [0.25, 0.3) is 10.9 Å². The number of H-pyrrole nitrogens is 1. The van der Waals surface area contributed by atoms with Gasteiger partial charge in [-0.2, -0.15) is 10.1 Å². The van der Waals surface area contributed by atoms with Gasteiger partial charge in [0.2, 0.25) is 5.95 Å². The first-order valence-electron chi connectivity index (χ1n) is 5.22. The van der Waals surface area contributed by atoms with E-state index in [4.69, 9.17) is 5.73 Å². The van der Waals surface area contributed by atoms with Crippen LogP contribution in [0.15, 0.2) is 34.9 Å². The van der Waals surface area contributed by atoms with Crippen LogP contribution >= 0.6 is 15.9 Å². The lowest BCUT2D eigenvalue weighted by molar-refractivity contribution is 1.09. The molecule has 0 spiro atoms. The van der Waals surface area contributed by atoms with Crippen LogP contribution in [0, 0.1) is 0 Å². The van der Waals surface area contributed by atoms with Crippen molar-refractivity contribution in [2.45, 2.75) is 0 Å². The number of hydrogen-bond donors (Lipinski definition) is 3. The fraction of sp³-hybridized carbons (Fsp3) is 0. The third kappa shape index (κ3) is 2.00. The van der Waals surface area contributed by atoms with E-state index in [1.807, 2.05) is 24.3 Å². The quantitative estimate of drug-likeness (QED) is 0.676. The summed E-state index contributed by atoms with van der Waals surface area (Å²) in [5.41, 5.74) is 6.47. The second-order valence-corrected chi connectivity index (χ2v) is 4.59. The summed E-state index contributed by atoms with van der Waals surface area (Å²) in [4.78, 5) is 8.39. The van der Waals surface area contributed by atoms with Gasteiger partial charge in [0.05, 0.1) is 5.52 Å². The molecule has 2 aromatic heterocycles. The average Bonchev–Trinajstić information content (AvgIpc) is 2.80. The van der Waals surface area contributed by atoms with Crippen molar-refractivity contribution in [3.05, 3.63) is 34.9 Å². The van der Waals surface area contributed by atoms with E-state index in [1.165, 1.54) is 0 Å². The molecule has 18 heavy (non-hydrogen) atoms. The summed E-state index contributed by atoms with van der Waals surface area (Å²) >= 11 is 3.40. The molecule has 0 unspecified atom stereocenters. The summed E-state index contributed by atoms with van der Waals surface area (Å²) in [5, 5.41) is 10.7. The largest absolute Gasteiger partial charge is 0.368 e. The van der Waals surface area contributed by atoms with Gasteiger partial charge in [0.25, 0.3) is 0 Å². The van der Waals surface area contributed by atoms with Gasteiger partial charge in [0.15, 0.2) is 5.82 Å². The second kappa shape index (κ2) is 4.26. The van der Waals surface area contributed by atoms with Gasteiger partial charge in [0.1, 0.15) is 5.82 Å². The molecule has 0 aliphatic heterocycles. The van der Waals surface area contributed by atoms with Gasteiger partial charge in [-0.15, -0.1) is 0 Å². The molecule has 1 aromatic carbocycles. The van der Waals surface area contributed by atoms with Crippen molar-refractivity contribution >= 4 is 44.4 Å². The highest BCUT2D eigenvalue weighted by Crippen LogP contribution is 2.26. The Hall–Kier alpha value is -2.15. The lowest BCUT2D eigenvalue weighted by Gasteiger charge is -2.07. The number of nitrogens with two attached hydrogens (primary N) is 1. The van der Waals surface area contributed by atoms with Crippen molar-refractivity contribution in [3.8, 4) is 0 Å². The Balaban J connectivity index is 2.15. The van der Waals surface area contributed by atoms with Gasteiger partial charge < -0.3 is 11.1 Å². The maximum absolute atomic E-state index is 5.70. The number of aromatic nitrogens is 4. The molecule has 0 aliphatic carbocycles.